The second-order valence-electron chi connectivity index (χ2n) is 5.67. The van der Waals surface area contributed by atoms with Gasteiger partial charge in [0, 0.05) is 30.4 Å². The lowest BCUT2D eigenvalue weighted by atomic mass is 10.00. The van der Waals surface area contributed by atoms with Gasteiger partial charge in [-0.25, -0.2) is 4.79 Å². The van der Waals surface area contributed by atoms with Crippen LogP contribution in [0.25, 0.3) is 0 Å². The van der Waals surface area contributed by atoms with Crippen molar-refractivity contribution in [1.82, 2.24) is 5.32 Å². The lowest BCUT2D eigenvalue weighted by Crippen LogP contribution is -2.28. The number of nitrogens with one attached hydrogen (secondary N) is 3. The molecule has 0 aliphatic heterocycles. The molecule has 5 N–H and O–H groups in total. The van der Waals surface area contributed by atoms with Crippen LogP contribution in [0.3, 0.4) is 0 Å². The van der Waals surface area contributed by atoms with Gasteiger partial charge >= 0.3 is 6.03 Å². The van der Waals surface area contributed by atoms with Crippen molar-refractivity contribution in [3.8, 4) is 0 Å². The molecule has 1 saturated carbocycles. The van der Waals surface area contributed by atoms with Crippen LogP contribution in [-0.2, 0) is 4.79 Å². The Kier molecular flexibility index (Phi) is 7.85. The number of carbonyl (C=O) groups excluding carboxylic acids is 2. The number of benzene rings is 1. The maximum Gasteiger partial charge on any atom is 0.319 e. The van der Waals surface area contributed by atoms with Crippen LogP contribution in [0, 0.1) is 5.92 Å². The summed E-state index contributed by atoms with van der Waals surface area (Å²) in [6.07, 6.45) is 3.58. The highest BCUT2D eigenvalue weighted by atomic mass is 35.5. The van der Waals surface area contributed by atoms with E-state index in [1.165, 1.54) is 0 Å². The normalized spacial score (nSPS) is 19.6. The summed E-state index contributed by atoms with van der Waals surface area (Å²) in [7, 11) is 0. The standard InChI is InChI=1S/C16H24N4O2.ClH/c1-2-18-16(22)20-13-7-4-6-12(10-13)19-15(21)9-11-5-3-8-14(11)17;/h4,6-7,10-11,14H,2-3,5,8-9,17H2,1H3,(H,19,21)(H2,18,20,22);1H/t11-,14+;/m0./s1. The van der Waals surface area contributed by atoms with Gasteiger partial charge in [0.05, 0.1) is 0 Å². The summed E-state index contributed by atoms with van der Waals surface area (Å²) in [6, 6.07) is 6.98. The molecular formula is C16H25ClN4O2. The molecule has 7 heteroatoms. The quantitative estimate of drug-likeness (QED) is 0.663. The SMILES string of the molecule is CCNC(=O)Nc1cccc(NC(=O)C[C@@H]2CCC[C@H]2N)c1.Cl. The van der Waals surface area contributed by atoms with Crippen LogP contribution in [0.1, 0.15) is 32.6 Å². The topological polar surface area (TPSA) is 96.2 Å². The molecule has 1 fully saturated rings. The lowest BCUT2D eigenvalue weighted by molar-refractivity contribution is -0.117. The predicted octanol–water partition coefficient (Wildman–Crippen LogP) is 2.71. The molecule has 1 aliphatic carbocycles. The van der Waals surface area contributed by atoms with Crippen LogP contribution < -0.4 is 21.7 Å². The van der Waals surface area contributed by atoms with Gasteiger partial charge < -0.3 is 21.7 Å². The summed E-state index contributed by atoms with van der Waals surface area (Å²) in [6.45, 7) is 2.41. The van der Waals surface area contributed by atoms with E-state index in [9.17, 15) is 9.59 Å². The van der Waals surface area contributed by atoms with Gasteiger partial charge in [-0.1, -0.05) is 12.5 Å². The average molecular weight is 341 g/mol. The molecule has 0 heterocycles. The molecule has 2 rings (SSSR count). The summed E-state index contributed by atoms with van der Waals surface area (Å²) in [5.41, 5.74) is 7.31. The number of hydrogen-bond donors (Lipinski definition) is 4. The second kappa shape index (κ2) is 9.37. The molecule has 1 aliphatic rings. The Hall–Kier alpha value is -1.79. The zero-order chi connectivity index (χ0) is 15.9. The van der Waals surface area contributed by atoms with E-state index >= 15 is 0 Å². The Balaban J connectivity index is 0.00000264. The first-order valence-electron chi connectivity index (χ1n) is 7.79. The van der Waals surface area contributed by atoms with Crippen LogP contribution in [0.5, 0.6) is 0 Å². The van der Waals surface area contributed by atoms with Crippen molar-refractivity contribution in [2.24, 2.45) is 11.7 Å². The van der Waals surface area contributed by atoms with E-state index in [4.69, 9.17) is 5.73 Å². The number of carbonyl (C=O) groups is 2. The van der Waals surface area contributed by atoms with Crippen molar-refractivity contribution in [1.29, 1.82) is 0 Å². The van der Waals surface area contributed by atoms with Crippen molar-refractivity contribution >= 4 is 35.7 Å². The van der Waals surface area contributed by atoms with Gasteiger partial charge in [0.25, 0.3) is 0 Å². The molecule has 2 atom stereocenters. The first-order valence-corrected chi connectivity index (χ1v) is 7.79. The maximum atomic E-state index is 12.1. The zero-order valence-electron chi connectivity index (χ0n) is 13.3. The van der Waals surface area contributed by atoms with Crippen molar-refractivity contribution in [3.05, 3.63) is 24.3 Å². The van der Waals surface area contributed by atoms with Gasteiger partial charge in [-0.3, -0.25) is 4.79 Å². The van der Waals surface area contributed by atoms with E-state index in [1.807, 2.05) is 6.92 Å². The van der Waals surface area contributed by atoms with E-state index in [0.717, 1.165) is 19.3 Å². The molecule has 0 radical (unpaired) electrons. The first kappa shape index (κ1) is 19.3. The van der Waals surface area contributed by atoms with E-state index in [1.54, 1.807) is 24.3 Å². The summed E-state index contributed by atoms with van der Waals surface area (Å²) >= 11 is 0. The fourth-order valence-electron chi connectivity index (χ4n) is 2.78. The van der Waals surface area contributed by atoms with E-state index in [0.29, 0.717) is 24.3 Å². The minimum atomic E-state index is -0.261. The van der Waals surface area contributed by atoms with Crippen LogP contribution in [0.2, 0.25) is 0 Å². The number of hydrogen-bond acceptors (Lipinski definition) is 3. The third kappa shape index (κ3) is 6.08. The van der Waals surface area contributed by atoms with Crippen LogP contribution in [-0.4, -0.2) is 24.5 Å². The molecule has 1 aromatic rings. The van der Waals surface area contributed by atoms with Crippen LogP contribution >= 0.6 is 12.4 Å². The van der Waals surface area contributed by atoms with Crippen molar-refractivity contribution < 1.29 is 9.59 Å². The predicted molar refractivity (Wildman–Crippen MR) is 94.9 cm³/mol. The van der Waals surface area contributed by atoms with Gasteiger partial charge in [0.1, 0.15) is 0 Å². The largest absolute Gasteiger partial charge is 0.338 e. The number of anilines is 2. The second-order valence-corrected chi connectivity index (χ2v) is 5.67. The molecule has 0 saturated heterocycles. The zero-order valence-corrected chi connectivity index (χ0v) is 14.1. The smallest absolute Gasteiger partial charge is 0.319 e. The van der Waals surface area contributed by atoms with E-state index in [-0.39, 0.29) is 36.3 Å². The van der Waals surface area contributed by atoms with Gasteiger partial charge in [-0.05, 0) is 43.9 Å². The highest BCUT2D eigenvalue weighted by molar-refractivity contribution is 5.93. The molecule has 23 heavy (non-hydrogen) atoms. The monoisotopic (exact) mass is 340 g/mol. The Labute approximate surface area is 143 Å². The molecule has 0 bridgehead atoms. The minimum absolute atomic E-state index is 0. The summed E-state index contributed by atoms with van der Waals surface area (Å²) < 4.78 is 0. The lowest BCUT2D eigenvalue weighted by Gasteiger charge is -2.15. The van der Waals surface area contributed by atoms with Gasteiger partial charge in [0.2, 0.25) is 5.91 Å². The Morgan fingerprint density at radius 1 is 1.22 bits per heavy atom. The molecule has 6 nitrogen and oxygen atoms in total. The van der Waals surface area contributed by atoms with Gasteiger partial charge in [-0.2, -0.15) is 0 Å². The fraction of sp³-hybridized carbons (Fsp3) is 0.500. The molecule has 128 valence electrons. The molecule has 0 unspecified atom stereocenters. The van der Waals surface area contributed by atoms with Gasteiger partial charge in [0.15, 0.2) is 0 Å². The third-order valence-corrected chi connectivity index (χ3v) is 3.91. The first-order chi connectivity index (χ1) is 10.6. The molecule has 0 aromatic heterocycles. The maximum absolute atomic E-state index is 12.1. The number of rotatable bonds is 5. The number of urea groups is 1. The van der Waals surface area contributed by atoms with Crippen molar-refractivity contribution in [2.45, 2.75) is 38.6 Å². The van der Waals surface area contributed by atoms with Crippen LogP contribution in [0.15, 0.2) is 24.3 Å². The fourth-order valence-corrected chi connectivity index (χ4v) is 2.78. The molecule has 3 amide bonds. The number of amides is 3. The average Bonchev–Trinajstić information content (AvgIpc) is 2.84. The summed E-state index contributed by atoms with van der Waals surface area (Å²) in [5, 5.41) is 8.24. The van der Waals surface area contributed by atoms with Gasteiger partial charge in [-0.15, -0.1) is 12.4 Å². The number of nitrogens with two attached hydrogens (primary N) is 1. The minimum Gasteiger partial charge on any atom is -0.338 e. The highest BCUT2D eigenvalue weighted by Gasteiger charge is 2.25. The van der Waals surface area contributed by atoms with Crippen molar-refractivity contribution in [3.63, 3.8) is 0 Å². The molecule has 1 aromatic carbocycles. The molecular weight excluding hydrogens is 316 g/mol. The Bertz CT molecular complexity index is 539. The number of halogens is 1. The Morgan fingerprint density at radius 2 is 1.91 bits per heavy atom. The van der Waals surface area contributed by atoms with E-state index < -0.39 is 0 Å². The van der Waals surface area contributed by atoms with E-state index in [2.05, 4.69) is 16.0 Å². The Morgan fingerprint density at radius 3 is 2.52 bits per heavy atom. The summed E-state index contributed by atoms with van der Waals surface area (Å²) in [5.74, 6) is 0.245. The van der Waals surface area contributed by atoms with Crippen LogP contribution in [0.4, 0.5) is 16.2 Å². The summed E-state index contributed by atoms with van der Waals surface area (Å²) in [4.78, 5) is 23.6. The third-order valence-electron chi connectivity index (χ3n) is 3.91. The highest BCUT2D eigenvalue weighted by Crippen LogP contribution is 2.27. The molecule has 0 spiro atoms. The van der Waals surface area contributed by atoms with Crippen molar-refractivity contribution in [2.75, 3.05) is 17.2 Å².